The molecule has 0 aliphatic rings. The molecule has 0 aliphatic carbocycles. The standard InChI is InChI=1S/C41H25N5O.C40H24N6O/c1-4-10-27(11-5-1)35-25-36(44-41(43-35)30-14-8-3-9-15-30)28-18-16-26(17-19-28)31-20-21-32-37(24-31)42-39(29-12-6-2-7-13-29)33-22-23-34-40(38(32)33)46-47-45-34;1-4-10-26(11-5-1)36-32-22-23-33-37(46-47-45-33)35(32)31-21-20-30(24-34(31)41-36)25-16-18-29(19-17-25)40-43-38(27-12-6-2-7-13-27)42-39(44-40)28-14-8-3-9-15-28/h1-25H;1-24H. The zero-order valence-corrected chi connectivity index (χ0v) is 50.0. The monoisotopic (exact) mass is 1210 g/mol. The fraction of sp³-hybridized carbons (Fsp3) is 0. The van der Waals surface area contributed by atoms with Crippen LogP contribution in [0.2, 0.25) is 0 Å². The van der Waals surface area contributed by atoms with Gasteiger partial charge in [0.15, 0.2) is 23.3 Å². The molecule has 13 heteroatoms. The Kier molecular flexibility index (Phi) is 13.8. The van der Waals surface area contributed by atoms with Crippen LogP contribution in [0.3, 0.4) is 0 Å². The second kappa shape index (κ2) is 23.7. The maximum Gasteiger partial charge on any atom is 0.164 e. The van der Waals surface area contributed by atoms with Crippen molar-refractivity contribution in [3.63, 3.8) is 0 Å². The summed E-state index contributed by atoms with van der Waals surface area (Å²) in [6.45, 7) is 0. The second-order valence-electron chi connectivity index (χ2n) is 22.7. The van der Waals surface area contributed by atoms with Gasteiger partial charge in [0.1, 0.15) is 22.1 Å². The van der Waals surface area contributed by atoms with Crippen LogP contribution in [-0.4, -0.2) is 55.5 Å². The van der Waals surface area contributed by atoms with Gasteiger partial charge in [0, 0.05) is 76.8 Å². The highest BCUT2D eigenvalue weighted by Gasteiger charge is 2.20. The molecule has 0 fully saturated rings. The Morgan fingerprint density at radius 2 is 0.489 bits per heavy atom. The van der Waals surface area contributed by atoms with Crippen LogP contribution in [0.25, 0.3) is 178 Å². The number of hydrogen-bond donors (Lipinski definition) is 0. The Labute approximate surface area is 537 Å². The Bertz CT molecular complexity index is 5350. The van der Waals surface area contributed by atoms with E-state index in [1.165, 1.54) is 0 Å². The third kappa shape index (κ3) is 10.4. The summed E-state index contributed by atoms with van der Waals surface area (Å²) in [5.74, 6) is 2.59. The molecule has 18 aromatic rings. The number of aromatic nitrogens is 11. The number of rotatable bonds is 10. The van der Waals surface area contributed by atoms with E-state index < -0.39 is 0 Å². The Hall–Kier alpha value is -13.1. The first-order valence-electron chi connectivity index (χ1n) is 30.7. The van der Waals surface area contributed by atoms with Gasteiger partial charge in [0.05, 0.1) is 33.8 Å². The lowest BCUT2D eigenvalue weighted by molar-refractivity contribution is 0.316. The van der Waals surface area contributed by atoms with Crippen LogP contribution in [0.1, 0.15) is 0 Å². The normalized spacial score (nSPS) is 11.4. The van der Waals surface area contributed by atoms with Gasteiger partial charge < -0.3 is 0 Å². The highest BCUT2D eigenvalue weighted by Crippen LogP contribution is 2.41. The number of nitrogens with zero attached hydrogens (tertiary/aromatic N) is 11. The first-order valence-corrected chi connectivity index (χ1v) is 30.7. The van der Waals surface area contributed by atoms with Crippen LogP contribution in [0.4, 0.5) is 0 Å². The Balaban J connectivity index is 0.000000143. The van der Waals surface area contributed by atoms with Gasteiger partial charge in [-0.15, -0.1) is 0 Å². The van der Waals surface area contributed by atoms with Gasteiger partial charge in [-0.1, -0.05) is 255 Å². The lowest BCUT2D eigenvalue weighted by atomic mass is 9.96. The molecule has 0 aliphatic heterocycles. The fourth-order valence-electron chi connectivity index (χ4n) is 12.3. The second-order valence-corrected chi connectivity index (χ2v) is 22.7. The molecule has 0 spiro atoms. The summed E-state index contributed by atoms with van der Waals surface area (Å²) in [5.41, 5.74) is 20.4. The quantitative estimate of drug-likeness (QED) is 0.119. The molecular formula is C81H49N11O2. The lowest BCUT2D eigenvalue weighted by Crippen LogP contribution is -2.00. The van der Waals surface area contributed by atoms with Crippen LogP contribution in [0.15, 0.2) is 307 Å². The van der Waals surface area contributed by atoms with Crippen molar-refractivity contribution in [2.75, 3.05) is 0 Å². The third-order valence-corrected chi connectivity index (χ3v) is 17.0. The van der Waals surface area contributed by atoms with Crippen LogP contribution in [0.5, 0.6) is 0 Å². The van der Waals surface area contributed by atoms with Crippen LogP contribution >= 0.6 is 0 Å². The molecule has 94 heavy (non-hydrogen) atoms. The molecule has 440 valence electrons. The van der Waals surface area contributed by atoms with Crippen molar-refractivity contribution in [1.29, 1.82) is 0 Å². The number of hydrogen-bond acceptors (Lipinski definition) is 13. The molecule has 0 amide bonds. The van der Waals surface area contributed by atoms with Crippen molar-refractivity contribution in [2.45, 2.75) is 0 Å². The van der Waals surface area contributed by atoms with Gasteiger partial charge >= 0.3 is 0 Å². The highest BCUT2D eigenvalue weighted by atomic mass is 16.6. The molecule has 6 heterocycles. The van der Waals surface area contributed by atoms with Crippen LogP contribution in [-0.2, 0) is 0 Å². The average molecular weight is 1210 g/mol. The molecule has 0 unspecified atom stereocenters. The molecule has 0 N–H and O–H groups in total. The summed E-state index contributed by atoms with van der Waals surface area (Å²) in [6, 6.07) is 100. The molecule has 12 aromatic carbocycles. The summed E-state index contributed by atoms with van der Waals surface area (Å²) < 4.78 is 10.3. The first-order chi connectivity index (χ1) is 46.6. The summed E-state index contributed by atoms with van der Waals surface area (Å²) >= 11 is 0. The maximum absolute atomic E-state index is 5.20. The number of benzene rings is 12. The van der Waals surface area contributed by atoms with Gasteiger partial charge in [-0.05, 0) is 85.3 Å². The smallest absolute Gasteiger partial charge is 0.164 e. The average Bonchev–Trinajstić information content (AvgIpc) is 1.23. The molecule has 0 radical (unpaired) electrons. The molecule has 18 rings (SSSR count). The third-order valence-electron chi connectivity index (χ3n) is 17.0. The molecular weight excluding hydrogens is 1160 g/mol. The van der Waals surface area contributed by atoms with Crippen molar-refractivity contribution >= 4 is 65.4 Å². The molecule has 0 saturated heterocycles. The summed E-state index contributed by atoms with van der Waals surface area (Å²) in [7, 11) is 0. The number of fused-ring (bicyclic) bond motifs is 10. The summed E-state index contributed by atoms with van der Waals surface area (Å²) in [4.78, 5) is 34.9. The van der Waals surface area contributed by atoms with Crippen LogP contribution in [0, 0.1) is 0 Å². The van der Waals surface area contributed by atoms with E-state index >= 15 is 0 Å². The van der Waals surface area contributed by atoms with Crippen molar-refractivity contribution < 1.29 is 9.26 Å². The summed E-state index contributed by atoms with van der Waals surface area (Å²) in [6.07, 6.45) is 0. The minimum absolute atomic E-state index is 0.619. The van der Waals surface area contributed by atoms with Gasteiger partial charge in [-0.2, -0.15) is 0 Å². The zero-order chi connectivity index (χ0) is 62.3. The van der Waals surface area contributed by atoms with Crippen molar-refractivity contribution in [3.05, 3.63) is 297 Å². The van der Waals surface area contributed by atoms with Gasteiger partial charge in [0.25, 0.3) is 0 Å². The van der Waals surface area contributed by atoms with Crippen LogP contribution < -0.4 is 0 Å². The van der Waals surface area contributed by atoms with Crippen molar-refractivity contribution in [3.8, 4) is 113 Å². The number of pyridine rings is 2. The predicted molar refractivity (Wildman–Crippen MR) is 373 cm³/mol. The van der Waals surface area contributed by atoms with Gasteiger partial charge in [-0.25, -0.2) is 44.1 Å². The lowest BCUT2D eigenvalue weighted by Gasteiger charge is -2.12. The van der Waals surface area contributed by atoms with Crippen molar-refractivity contribution in [2.24, 2.45) is 0 Å². The summed E-state index contributed by atoms with van der Waals surface area (Å²) in [5, 5.41) is 22.7. The van der Waals surface area contributed by atoms with Gasteiger partial charge in [-0.3, -0.25) is 0 Å². The zero-order valence-electron chi connectivity index (χ0n) is 50.0. The van der Waals surface area contributed by atoms with E-state index in [0.717, 1.165) is 149 Å². The minimum Gasteiger partial charge on any atom is -0.247 e. The van der Waals surface area contributed by atoms with Crippen molar-refractivity contribution in [1.82, 2.24) is 55.5 Å². The van der Waals surface area contributed by atoms with E-state index in [1.54, 1.807) is 0 Å². The molecule has 0 saturated carbocycles. The van der Waals surface area contributed by atoms with E-state index in [1.807, 2.05) is 158 Å². The Morgan fingerprint density at radius 1 is 0.191 bits per heavy atom. The molecule has 6 aromatic heterocycles. The SMILES string of the molecule is c1ccc(-c2cc(-c3ccc(-c4ccc5c(c4)nc(-c4ccccc4)c4ccc6nonc6c45)cc3)nc(-c3ccccc3)n2)cc1.c1ccc(-c2nc(-c3ccccc3)nc(-c3ccc(-c4ccc5c(c4)nc(-c4ccccc4)c4ccc6nonc6c45)cc3)n2)cc1. The fourth-order valence-corrected chi connectivity index (χ4v) is 12.3. The molecule has 13 nitrogen and oxygen atoms in total. The largest absolute Gasteiger partial charge is 0.247 e. The first kappa shape index (κ1) is 55.0. The maximum atomic E-state index is 5.20. The van der Waals surface area contributed by atoms with E-state index in [2.05, 4.69) is 160 Å². The molecule has 0 bridgehead atoms. The van der Waals surface area contributed by atoms with E-state index in [-0.39, 0.29) is 0 Å². The topological polar surface area (TPSA) is 168 Å². The Morgan fingerprint density at radius 3 is 0.883 bits per heavy atom. The van der Waals surface area contributed by atoms with E-state index in [4.69, 9.17) is 44.1 Å². The van der Waals surface area contributed by atoms with Gasteiger partial charge in [0.2, 0.25) is 0 Å². The van der Waals surface area contributed by atoms with E-state index in [0.29, 0.717) is 28.8 Å². The highest BCUT2D eigenvalue weighted by molar-refractivity contribution is 6.22. The predicted octanol–water partition coefficient (Wildman–Crippen LogP) is 19.5. The van der Waals surface area contributed by atoms with E-state index in [9.17, 15) is 0 Å². The minimum atomic E-state index is 0.619. The molecule has 0 atom stereocenters.